The Hall–Kier alpha value is -1.57. The van der Waals surface area contributed by atoms with Crippen molar-refractivity contribution in [2.24, 2.45) is 11.8 Å². The van der Waals surface area contributed by atoms with Crippen molar-refractivity contribution in [1.29, 1.82) is 0 Å². The Morgan fingerprint density at radius 2 is 2.11 bits per heavy atom. The van der Waals surface area contributed by atoms with E-state index in [0.717, 1.165) is 17.5 Å². The zero-order valence-corrected chi connectivity index (χ0v) is 11.2. The maximum atomic E-state index is 11.8. The fraction of sp³-hybridized carbons (Fsp3) is 0.438. The molecule has 1 N–H and O–H groups in total. The lowest BCUT2D eigenvalue weighted by Gasteiger charge is -2.39. The monoisotopic (exact) mass is 244 g/mol. The predicted molar refractivity (Wildman–Crippen MR) is 73.4 cm³/mol. The highest BCUT2D eigenvalue weighted by Crippen LogP contribution is 2.44. The summed E-state index contributed by atoms with van der Waals surface area (Å²) in [7, 11) is 0. The van der Waals surface area contributed by atoms with Crippen LogP contribution in [0.5, 0.6) is 0 Å². The standard InChI is InChI=1S/C16H20O2/c1-4-11(2)13-10-9-12-7-5-6-8-14(12)16(13,3)15(17)18/h5-11,13H,4H2,1-3H3,(H,17,18)/t11-,13-,16+/m0/s1. The van der Waals surface area contributed by atoms with Crippen LogP contribution in [0.25, 0.3) is 6.08 Å². The molecule has 0 saturated heterocycles. The van der Waals surface area contributed by atoms with Crippen molar-refractivity contribution in [3.8, 4) is 0 Å². The van der Waals surface area contributed by atoms with Crippen molar-refractivity contribution in [2.75, 3.05) is 0 Å². The summed E-state index contributed by atoms with van der Waals surface area (Å²) in [6, 6.07) is 7.81. The number of allylic oxidation sites excluding steroid dienone is 1. The van der Waals surface area contributed by atoms with E-state index in [1.807, 2.05) is 31.2 Å². The molecule has 0 saturated carbocycles. The third kappa shape index (κ3) is 1.76. The van der Waals surface area contributed by atoms with Crippen LogP contribution in [-0.2, 0) is 10.2 Å². The molecular formula is C16H20O2. The van der Waals surface area contributed by atoms with Crippen LogP contribution >= 0.6 is 0 Å². The van der Waals surface area contributed by atoms with Crippen LogP contribution in [0, 0.1) is 11.8 Å². The van der Waals surface area contributed by atoms with Gasteiger partial charge < -0.3 is 5.11 Å². The number of hydrogen-bond donors (Lipinski definition) is 1. The van der Waals surface area contributed by atoms with E-state index in [9.17, 15) is 9.90 Å². The van der Waals surface area contributed by atoms with Crippen LogP contribution in [-0.4, -0.2) is 11.1 Å². The van der Waals surface area contributed by atoms with E-state index in [4.69, 9.17) is 0 Å². The molecule has 1 aromatic rings. The summed E-state index contributed by atoms with van der Waals surface area (Å²) in [5.41, 5.74) is 1.15. The first-order valence-electron chi connectivity index (χ1n) is 6.53. The second-order valence-corrected chi connectivity index (χ2v) is 5.37. The summed E-state index contributed by atoms with van der Waals surface area (Å²) in [4.78, 5) is 11.8. The third-order valence-electron chi connectivity index (χ3n) is 4.37. The van der Waals surface area contributed by atoms with Crippen LogP contribution in [0.3, 0.4) is 0 Å². The van der Waals surface area contributed by atoms with Gasteiger partial charge in [-0.1, -0.05) is 56.7 Å². The topological polar surface area (TPSA) is 37.3 Å². The van der Waals surface area contributed by atoms with Gasteiger partial charge >= 0.3 is 5.97 Å². The van der Waals surface area contributed by atoms with Crippen molar-refractivity contribution >= 4 is 12.0 Å². The van der Waals surface area contributed by atoms with Crippen molar-refractivity contribution < 1.29 is 9.90 Å². The summed E-state index contributed by atoms with van der Waals surface area (Å²) in [5, 5.41) is 9.73. The van der Waals surface area contributed by atoms with Gasteiger partial charge in [0.1, 0.15) is 0 Å². The molecule has 0 amide bonds. The first kappa shape index (κ1) is 12.9. The molecule has 0 fully saturated rings. The molecular weight excluding hydrogens is 224 g/mol. The Labute approximate surface area is 108 Å². The zero-order valence-electron chi connectivity index (χ0n) is 11.2. The molecule has 2 nitrogen and oxygen atoms in total. The van der Waals surface area contributed by atoms with Gasteiger partial charge in [-0.05, 0) is 29.9 Å². The summed E-state index contributed by atoms with van der Waals surface area (Å²) < 4.78 is 0. The van der Waals surface area contributed by atoms with E-state index >= 15 is 0 Å². The van der Waals surface area contributed by atoms with Crippen molar-refractivity contribution in [3.05, 3.63) is 41.5 Å². The third-order valence-corrected chi connectivity index (χ3v) is 4.37. The zero-order chi connectivity index (χ0) is 13.3. The molecule has 0 spiro atoms. The van der Waals surface area contributed by atoms with Crippen molar-refractivity contribution in [3.63, 3.8) is 0 Å². The first-order valence-corrected chi connectivity index (χ1v) is 6.53. The number of carboxylic acids is 1. The van der Waals surface area contributed by atoms with Crippen LogP contribution in [0.2, 0.25) is 0 Å². The van der Waals surface area contributed by atoms with E-state index in [-0.39, 0.29) is 5.92 Å². The van der Waals surface area contributed by atoms with Crippen molar-refractivity contribution in [2.45, 2.75) is 32.6 Å². The van der Waals surface area contributed by atoms with E-state index in [1.165, 1.54) is 0 Å². The molecule has 18 heavy (non-hydrogen) atoms. The van der Waals surface area contributed by atoms with E-state index in [0.29, 0.717) is 5.92 Å². The van der Waals surface area contributed by atoms with Gasteiger partial charge in [0.25, 0.3) is 0 Å². The Bertz CT molecular complexity index is 490. The highest BCUT2D eigenvalue weighted by Gasteiger charge is 2.46. The van der Waals surface area contributed by atoms with Gasteiger partial charge in [-0.3, -0.25) is 4.79 Å². The number of rotatable bonds is 3. The van der Waals surface area contributed by atoms with Gasteiger partial charge in [0, 0.05) is 0 Å². The average Bonchev–Trinajstić information content (AvgIpc) is 2.38. The molecule has 1 aliphatic rings. The lowest BCUT2D eigenvalue weighted by molar-refractivity contribution is -0.145. The Morgan fingerprint density at radius 1 is 1.44 bits per heavy atom. The first-order chi connectivity index (χ1) is 8.51. The lowest BCUT2D eigenvalue weighted by atomic mass is 9.63. The van der Waals surface area contributed by atoms with Crippen LogP contribution < -0.4 is 0 Å². The SMILES string of the molecule is CC[C@H](C)[C@@H]1C=Cc2ccccc2[C@]1(C)C(=O)O. The maximum Gasteiger partial charge on any atom is 0.314 e. The van der Waals surface area contributed by atoms with Crippen LogP contribution in [0.1, 0.15) is 38.3 Å². The molecule has 1 aliphatic carbocycles. The highest BCUT2D eigenvalue weighted by molar-refractivity contribution is 5.85. The second-order valence-electron chi connectivity index (χ2n) is 5.37. The van der Waals surface area contributed by atoms with Gasteiger partial charge in [0.2, 0.25) is 0 Å². The normalized spacial score (nSPS) is 27.6. The minimum atomic E-state index is -0.819. The molecule has 96 valence electrons. The molecule has 3 atom stereocenters. The summed E-state index contributed by atoms with van der Waals surface area (Å²) in [5.74, 6) is -0.324. The summed E-state index contributed by atoms with van der Waals surface area (Å²) in [6.45, 7) is 6.10. The molecule has 2 heteroatoms. The van der Waals surface area contributed by atoms with Crippen LogP contribution in [0.4, 0.5) is 0 Å². The quantitative estimate of drug-likeness (QED) is 0.880. The van der Waals surface area contributed by atoms with Crippen molar-refractivity contribution in [1.82, 2.24) is 0 Å². The molecule has 0 unspecified atom stereocenters. The molecule has 1 aromatic carbocycles. The smallest absolute Gasteiger partial charge is 0.314 e. The molecule has 0 bridgehead atoms. The number of carbonyl (C=O) groups is 1. The number of aliphatic carboxylic acids is 1. The van der Waals surface area contributed by atoms with E-state index < -0.39 is 11.4 Å². The number of fused-ring (bicyclic) bond motifs is 1. The summed E-state index contributed by atoms with van der Waals surface area (Å²) in [6.07, 6.45) is 5.13. The van der Waals surface area contributed by atoms with Crippen LogP contribution in [0.15, 0.2) is 30.3 Å². The number of hydrogen-bond acceptors (Lipinski definition) is 1. The minimum absolute atomic E-state index is 0.0508. The fourth-order valence-corrected chi connectivity index (χ4v) is 2.97. The Balaban J connectivity index is 2.59. The largest absolute Gasteiger partial charge is 0.481 e. The highest BCUT2D eigenvalue weighted by atomic mass is 16.4. The molecule has 0 aliphatic heterocycles. The summed E-state index contributed by atoms with van der Waals surface area (Å²) >= 11 is 0. The minimum Gasteiger partial charge on any atom is -0.481 e. The molecule has 2 rings (SSSR count). The van der Waals surface area contributed by atoms with Gasteiger partial charge in [0.05, 0.1) is 5.41 Å². The lowest BCUT2D eigenvalue weighted by Crippen LogP contribution is -2.44. The average molecular weight is 244 g/mol. The van der Waals surface area contributed by atoms with E-state index in [1.54, 1.807) is 0 Å². The van der Waals surface area contributed by atoms with Gasteiger partial charge in [-0.2, -0.15) is 0 Å². The Morgan fingerprint density at radius 3 is 2.72 bits per heavy atom. The van der Waals surface area contributed by atoms with E-state index in [2.05, 4.69) is 26.0 Å². The van der Waals surface area contributed by atoms with Gasteiger partial charge in [0.15, 0.2) is 0 Å². The number of benzene rings is 1. The van der Waals surface area contributed by atoms with Gasteiger partial charge in [-0.15, -0.1) is 0 Å². The predicted octanol–water partition coefficient (Wildman–Crippen LogP) is 3.72. The number of carboxylic acid groups (broad SMARTS) is 1. The maximum absolute atomic E-state index is 11.8. The fourth-order valence-electron chi connectivity index (χ4n) is 2.97. The molecule has 0 radical (unpaired) electrons. The second kappa shape index (κ2) is 4.60. The Kier molecular flexibility index (Phi) is 3.29. The molecule has 0 heterocycles. The molecule has 0 aromatic heterocycles. The van der Waals surface area contributed by atoms with Gasteiger partial charge in [-0.25, -0.2) is 0 Å².